The van der Waals surface area contributed by atoms with E-state index in [1.54, 1.807) is 0 Å². The van der Waals surface area contributed by atoms with Crippen molar-refractivity contribution in [2.75, 3.05) is 28.6 Å². The van der Waals surface area contributed by atoms with Crippen LogP contribution in [-0.2, 0) is 0 Å². The van der Waals surface area contributed by atoms with Gasteiger partial charge in [0.1, 0.15) is 5.82 Å². The highest BCUT2D eigenvalue weighted by Crippen LogP contribution is 2.35. The van der Waals surface area contributed by atoms with Crippen molar-refractivity contribution in [2.24, 2.45) is 0 Å². The van der Waals surface area contributed by atoms with Gasteiger partial charge in [0, 0.05) is 24.5 Å². The van der Waals surface area contributed by atoms with Gasteiger partial charge in [-0.3, -0.25) is 20.5 Å². The Balaban J connectivity index is 1.50. The first-order valence-corrected chi connectivity index (χ1v) is 10.9. The number of carbonyl (C=O) groups is 1. The number of carbonyl (C=O) groups excluding carboxylic acids is 1. The Morgan fingerprint density at radius 1 is 1.29 bits per heavy atom. The van der Waals surface area contributed by atoms with Crippen LogP contribution < -0.4 is 20.9 Å². The van der Waals surface area contributed by atoms with E-state index in [1.807, 2.05) is 18.2 Å². The molecule has 8 nitrogen and oxygen atoms in total. The van der Waals surface area contributed by atoms with Gasteiger partial charge in [-0.2, -0.15) is 4.37 Å². The number of nitrogens with two attached hydrogens (primary N) is 1. The lowest BCUT2D eigenvalue weighted by Crippen LogP contribution is -2.37. The highest BCUT2D eigenvalue weighted by atomic mass is 35.5. The number of halogens is 2. The number of hydrogen-bond donors (Lipinski definition) is 4. The van der Waals surface area contributed by atoms with E-state index in [2.05, 4.69) is 14.6 Å². The van der Waals surface area contributed by atoms with Crippen LogP contribution in [-0.4, -0.2) is 42.1 Å². The van der Waals surface area contributed by atoms with Gasteiger partial charge in [-0.25, -0.2) is 0 Å². The molecule has 1 saturated heterocycles. The molecule has 2 heterocycles. The van der Waals surface area contributed by atoms with Gasteiger partial charge in [-0.05, 0) is 42.2 Å². The van der Waals surface area contributed by atoms with Crippen LogP contribution in [0.15, 0.2) is 30.3 Å². The number of amides is 1. The molecule has 160 valence electrons. The van der Waals surface area contributed by atoms with Crippen molar-refractivity contribution < 1.29 is 4.79 Å². The average Bonchev–Trinajstić information content (AvgIpc) is 3.35. The summed E-state index contributed by atoms with van der Waals surface area (Å²) >= 11 is 14.0. The van der Waals surface area contributed by atoms with Gasteiger partial charge in [0.05, 0.1) is 44.4 Å². The highest BCUT2D eigenvalue weighted by molar-refractivity contribution is 7.14. The van der Waals surface area contributed by atoms with E-state index in [4.69, 9.17) is 39.8 Å². The lowest BCUT2D eigenvalue weighted by atomic mass is 10.1. The first kappa shape index (κ1) is 21.4. The topological polar surface area (TPSA) is 122 Å². The SMILES string of the molecule is N=CN(C=N)c1cc(Cl)c(C(=O)NC2CCN(c3cccc4c(N)nsc34)C2)c(Cl)c1. The van der Waals surface area contributed by atoms with Gasteiger partial charge >= 0.3 is 0 Å². The molecular formula is C20H19Cl2N7OS. The Morgan fingerprint density at radius 3 is 2.68 bits per heavy atom. The predicted octanol–water partition coefficient (Wildman–Crippen LogP) is 4.21. The third-order valence-corrected chi connectivity index (χ3v) is 6.70. The maximum Gasteiger partial charge on any atom is 0.254 e. The van der Waals surface area contributed by atoms with E-state index in [1.165, 1.54) is 28.6 Å². The summed E-state index contributed by atoms with van der Waals surface area (Å²) in [6, 6.07) is 8.90. The monoisotopic (exact) mass is 475 g/mol. The molecule has 1 aliphatic rings. The number of hydrogen-bond acceptors (Lipinski definition) is 7. The largest absolute Gasteiger partial charge is 0.382 e. The minimum Gasteiger partial charge on any atom is -0.382 e. The number of nitrogens with zero attached hydrogens (tertiary/aromatic N) is 3. The molecule has 4 rings (SSSR count). The standard InChI is InChI=1S/C20H19Cl2N7OS/c21-14-6-12(29(9-23)10-24)7-15(22)17(14)20(30)26-11-4-5-28(8-11)16-3-1-2-13-18(16)31-27-19(13)25/h1-3,6-7,9-11,23-24H,4-5,8H2,(H2,25,27)(H,26,30). The Bertz CT molecular complexity index is 1150. The normalized spacial score (nSPS) is 15.8. The van der Waals surface area contributed by atoms with Gasteiger partial charge in [-0.1, -0.05) is 29.3 Å². The molecule has 11 heteroatoms. The number of benzene rings is 2. The third kappa shape index (κ3) is 4.04. The minimum absolute atomic E-state index is 0.0699. The molecule has 0 saturated carbocycles. The summed E-state index contributed by atoms with van der Waals surface area (Å²) < 4.78 is 5.29. The van der Waals surface area contributed by atoms with E-state index in [0.29, 0.717) is 18.1 Å². The number of fused-ring (bicyclic) bond motifs is 1. The van der Waals surface area contributed by atoms with Crippen molar-refractivity contribution >= 4 is 80.6 Å². The van der Waals surface area contributed by atoms with Crippen molar-refractivity contribution in [2.45, 2.75) is 12.5 Å². The first-order valence-electron chi connectivity index (χ1n) is 9.41. The summed E-state index contributed by atoms with van der Waals surface area (Å²) in [6.07, 6.45) is 2.69. The molecule has 1 aliphatic heterocycles. The van der Waals surface area contributed by atoms with E-state index < -0.39 is 0 Å². The number of nitrogen functional groups attached to an aromatic ring is 1. The van der Waals surface area contributed by atoms with Gasteiger partial charge < -0.3 is 16.0 Å². The summed E-state index contributed by atoms with van der Waals surface area (Å²) in [5, 5.41) is 19.0. The highest BCUT2D eigenvalue weighted by Gasteiger charge is 2.27. The Hall–Kier alpha value is -2.88. The van der Waals surface area contributed by atoms with Gasteiger partial charge in [0.15, 0.2) is 0 Å². The number of anilines is 3. The number of nitrogens with one attached hydrogen (secondary N) is 3. The molecular weight excluding hydrogens is 457 g/mol. The molecule has 3 aromatic rings. The van der Waals surface area contributed by atoms with Gasteiger partial charge in [0.25, 0.3) is 5.91 Å². The molecule has 1 fully saturated rings. The maximum absolute atomic E-state index is 12.9. The van der Waals surface area contributed by atoms with Crippen LogP contribution >= 0.6 is 34.7 Å². The zero-order chi connectivity index (χ0) is 22.1. The zero-order valence-electron chi connectivity index (χ0n) is 16.2. The van der Waals surface area contributed by atoms with Crippen molar-refractivity contribution in [3.8, 4) is 0 Å². The summed E-state index contributed by atoms with van der Waals surface area (Å²) in [7, 11) is 0. The van der Waals surface area contributed by atoms with Crippen molar-refractivity contribution in [1.82, 2.24) is 9.69 Å². The van der Waals surface area contributed by atoms with Crippen molar-refractivity contribution in [3.05, 3.63) is 45.9 Å². The van der Waals surface area contributed by atoms with Crippen molar-refractivity contribution in [1.29, 1.82) is 10.8 Å². The fraction of sp³-hybridized carbons (Fsp3) is 0.200. The molecule has 5 N–H and O–H groups in total. The molecule has 1 aromatic heterocycles. The number of rotatable bonds is 6. The molecule has 1 unspecified atom stereocenters. The van der Waals surface area contributed by atoms with E-state index in [-0.39, 0.29) is 27.6 Å². The summed E-state index contributed by atoms with van der Waals surface area (Å²) in [5.74, 6) is 0.174. The summed E-state index contributed by atoms with van der Waals surface area (Å²) in [5.41, 5.74) is 7.61. The lowest BCUT2D eigenvalue weighted by Gasteiger charge is -2.20. The molecule has 2 aromatic carbocycles. The Kier molecular flexibility index (Phi) is 5.99. The van der Waals surface area contributed by atoms with Crippen LogP contribution in [0.1, 0.15) is 16.8 Å². The zero-order valence-corrected chi connectivity index (χ0v) is 18.6. The average molecular weight is 476 g/mol. The predicted molar refractivity (Wildman–Crippen MR) is 129 cm³/mol. The lowest BCUT2D eigenvalue weighted by molar-refractivity contribution is 0.0940. The molecule has 1 amide bonds. The third-order valence-electron chi connectivity index (χ3n) is 5.20. The van der Waals surface area contributed by atoms with Gasteiger partial charge in [-0.15, -0.1) is 0 Å². The fourth-order valence-corrected chi connectivity index (χ4v) is 5.18. The van der Waals surface area contributed by atoms with Crippen LogP contribution in [0.4, 0.5) is 17.2 Å². The van der Waals surface area contributed by atoms with Crippen LogP contribution in [0, 0.1) is 10.8 Å². The second-order valence-electron chi connectivity index (χ2n) is 7.08. The fourth-order valence-electron chi connectivity index (χ4n) is 3.68. The Morgan fingerprint density at radius 2 is 2.00 bits per heavy atom. The van der Waals surface area contributed by atoms with Crippen LogP contribution in [0.2, 0.25) is 10.0 Å². The molecule has 1 atom stereocenters. The number of aromatic nitrogens is 1. The summed E-state index contributed by atoms with van der Waals surface area (Å²) in [4.78, 5) is 16.3. The van der Waals surface area contributed by atoms with E-state index in [9.17, 15) is 4.79 Å². The smallest absolute Gasteiger partial charge is 0.254 e. The van der Waals surface area contributed by atoms with E-state index >= 15 is 0 Å². The quantitative estimate of drug-likeness (QED) is 0.314. The van der Waals surface area contributed by atoms with Crippen LogP contribution in [0.3, 0.4) is 0 Å². The van der Waals surface area contributed by atoms with Crippen LogP contribution in [0.5, 0.6) is 0 Å². The first-order chi connectivity index (χ1) is 14.9. The molecule has 0 aliphatic carbocycles. The van der Waals surface area contributed by atoms with E-state index in [0.717, 1.165) is 41.4 Å². The van der Waals surface area contributed by atoms with Crippen LogP contribution in [0.25, 0.3) is 10.1 Å². The second-order valence-corrected chi connectivity index (χ2v) is 8.66. The molecule has 31 heavy (non-hydrogen) atoms. The minimum atomic E-state index is -0.357. The second kappa shape index (κ2) is 8.70. The molecule has 0 spiro atoms. The maximum atomic E-state index is 12.9. The van der Waals surface area contributed by atoms with Gasteiger partial charge in [0.2, 0.25) is 0 Å². The molecule has 0 bridgehead atoms. The van der Waals surface area contributed by atoms with Crippen molar-refractivity contribution in [3.63, 3.8) is 0 Å². The molecule has 0 radical (unpaired) electrons. The Labute approximate surface area is 192 Å². The summed E-state index contributed by atoms with van der Waals surface area (Å²) in [6.45, 7) is 1.43.